The molecular formula is C23H21F6NO3. The SMILES string of the molecule is C=CCC(C(CO)N(C)C(=O)OC1c2ccccc2-c2ccccc21)(C(F)(F)F)C(F)(F)F. The van der Waals surface area contributed by atoms with Gasteiger partial charge >= 0.3 is 18.4 Å². The summed E-state index contributed by atoms with van der Waals surface area (Å²) in [6.07, 6.45) is -15.3. The van der Waals surface area contributed by atoms with E-state index in [0.717, 1.165) is 18.2 Å². The van der Waals surface area contributed by atoms with Crippen molar-refractivity contribution in [2.45, 2.75) is 30.9 Å². The Morgan fingerprint density at radius 3 is 1.88 bits per heavy atom. The van der Waals surface area contributed by atoms with Crippen molar-refractivity contribution in [3.63, 3.8) is 0 Å². The largest absolute Gasteiger partial charge is 0.436 e. The van der Waals surface area contributed by atoms with Gasteiger partial charge in [-0.15, -0.1) is 6.58 Å². The molecule has 0 spiro atoms. The highest BCUT2D eigenvalue weighted by Gasteiger charge is 2.74. The van der Waals surface area contributed by atoms with E-state index >= 15 is 0 Å². The molecule has 2 aromatic rings. The van der Waals surface area contributed by atoms with E-state index in [-0.39, 0.29) is 4.90 Å². The Bertz CT molecular complexity index is 974. The smallest absolute Gasteiger partial charge is 0.410 e. The molecule has 0 heterocycles. The zero-order valence-electron chi connectivity index (χ0n) is 17.5. The van der Waals surface area contributed by atoms with Crippen molar-refractivity contribution in [1.29, 1.82) is 0 Å². The molecule has 4 nitrogen and oxygen atoms in total. The molecule has 1 aliphatic rings. The fourth-order valence-corrected chi connectivity index (χ4v) is 4.29. The van der Waals surface area contributed by atoms with Crippen LogP contribution in [0, 0.1) is 5.41 Å². The van der Waals surface area contributed by atoms with Crippen molar-refractivity contribution in [1.82, 2.24) is 4.90 Å². The summed E-state index contributed by atoms with van der Waals surface area (Å²) in [5, 5.41) is 9.63. The second-order valence-electron chi connectivity index (χ2n) is 7.71. The van der Waals surface area contributed by atoms with Crippen LogP contribution < -0.4 is 0 Å². The molecule has 0 fully saturated rings. The van der Waals surface area contributed by atoms with Gasteiger partial charge in [0.1, 0.15) is 0 Å². The van der Waals surface area contributed by atoms with Crippen molar-refractivity contribution in [2.24, 2.45) is 5.41 Å². The highest BCUT2D eigenvalue weighted by molar-refractivity contribution is 5.79. The zero-order valence-corrected chi connectivity index (χ0v) is 17.5. The third-order valence-electron chi connectivity index (χ3n) is 5.97. The quantitative estimate of drug-likeness (QED) is 0.422. The van der Waals surface area contributed by atoms with Gasteiger partial charge in [0, 0.05) is 18.2 Å². The number of nitrogens with zero attached hydrogens (tertiary/aromatic N) is 1. The number of ether oxygens (including phenoxy) is 1. The number of benzene rings is 2. The molecule has 3 rings (SSSR count). The fraction of sp³-hybridized carbons (Fsp3) is 0.348. The van der Waals surface area contributed by atoms with Gasteiger partial charge in [0.05, 0.1) is 12.6 Å². The molecule has 1 N–H and O–H groups in total. The van der Waals surface area contributed by atoms with E-state index in [0.29, 0.717) is 17.2 Å². The molecule has 10 heteroatoms. The van der Waals surface area contributed by atoms with Crippen LogP contribution in [-0.2, 0) is 4.74 Å². The molecule has 0 saturated carbocycles. The van der Waals surface area contributed by atoms with E-state index in [1.165, 1.54) is 0 Å². The van der Waals surface area contributed by atoms with Gasteiger partial charge in [0.15, 0.2) is 11.5 Å². The van der Waals surface area contributed by atoms with Gasteiger partial charge in [0.2, 0.25) is 0 Å². The van der Waals surface area contributed by atoms with Gasteiger partial charge in [-0.1, -0.05) is 54.6 Å². The van der Waals surface area contributed by atoms with E-state index in [2.05, 4.69) is 6.58 Å². The van der Waals surface area contributed by atoms with Crippen molar-refractivity contribution in [3.05, 3.63) is 72.3 Å². The predicted octanol–water partition coefficient (Wildman–Crippen LogP) is 5.87. The number of aliphatic hydroxyl groups is 1. The minimum atomic E-state index is -5.84. The number of aliphatic hydroxyl groups excluding tert-OH is 1. The minimum Gasteiger partial charge on any atom is -0.436 e. The summed E-state index contributed by atoms with van der Waals surface area (Å²) in [6.45, 7) is 1.41. The van der Waals surface area contributed by atoms with Gasteiger partial charge in [-0.2, -0.15) is 26.3 Å². The van der Waals surface area contributed by atoms with Crippen LogP contribution >= 0.6 is 0 Å². The summed E-state index contributed by atoms with van der Waals surface area (Å²) in [4.78, 5) is 13.0. The summed E-state index contributed by atoms with van der Waals surface area (Å²) in [5.74, 6) is 0. The second kappa shape index (κ2) is 8.74. The van der Waals surface area contributed by atoms with Crippen LogP contribution in [0.15, 0.2) is 61.2 Å². The van der Waals surface area contributed by atoms with E-state index in [1.807, 2.05) is 0 Å². The predicted molar refractivity (Wildman–Crippen MR) is 108 cm³/mol. The van der Waals surface area contributed by atoms with Crippen molar-refractivity contribution in [2.75, 3.05) is 13.7 Å². The molecule has 0 saturated heterocycles. The number of halogens is 6. The lowest BCUT2D eigenvalue weighted by Crippen LogP contribution is -2.64. The fourth-order valence-electron chi connectivity index (χ4n) is 4.29. The number of alkyl halides is 6. The van der Waals surface area contributed by atoms with Crippen molar-refractivity contribution >= 4 is 6.09 Å². The molecule has 33 heavy (non-hydrogen) atoms. The maximum atomic E-state index is 13.9. The molecule has 0 aromatic heterocycles. The highest BCUT2D eigenvalue weighted by atomic mass is 19.4. The number of likely N-dealkylation sites (N-methyl/N-ethyl adjacent to an activating group) is 1. The van der Waals surface area contributed by atoms with E-state index < -0.39 is 49.0 Å². The first kappa shape index (κ1) is 24.6. The molecule has 0 radical (unpaired) electrons. The third kappa shape index (κ3) is 3.96. The lowest BCUT2D eigenvalue weighted by Gasteiger charge is -2.45. The Balaban J connectivity index is 1.99. The van der Waals surface area contributed by atoms with E-state index in [1.54, 1.807) is 48.5 Å². The van der Waals surface area contributed by atoms with Gasteiger partial charge in [-0.3, -0.25) is 0 Å². The molecule has 1 amide bonds. The summed E-state index contributed by atoms with van der Waals surface area (Å²) in [6, 6.07) is 11.0. The Hall–Kier alpha value is -3.01. The molecular weight excluding hydrogens is 452 g/mol. The average Bonchev–Trinajstić information content (AvgIpc) is 3.05. The number of amides is 1. The number of rotatable bonds is 6. The number of carbonyl (C=O) groups excluding carboxylic acids is 1. The normalized spacial score (nSPS) is 14.9. The maximum Gasteiger partial charge on any atom is 0.410 e. The zero-order chi connectivity index (χ0) is 24.6. The minimum absolute atomic E-state index is 0.161. The molecule has 178 valence electrons. The number of carbonyl (C=O) groups is 1. The number of allylic oxidation sites excluding steroid dienone is 1. The third-order valence-corrected chi connectivity index (χ3v) is 5.97. The lowest BCUT2D eigenvalue weighted by atomic mass is 9.75. The highest BCUT2D eigenvalue weighted by Crippen LogP contribution is 2.56. The Morgan fingerprint density at radius 1 is 1.03 bits per heavy atom. The summed E-state index contributed by atoms with van der Waals surface area (Å²) < 4.78 is 88.6. The van der Waals surface area contributed by atoms with Gasteiger partial charge in [-0.05, 0) is 17.5 Å². The number of hydrogen-bond donors (Lipinski definition) is 1. The monoisotopic (exact) mass is 473 g/mol. The molecule has 0 aliphatic heterocycles. The molecule has 1 atom stereocenters. The summed E-state index contributed by atoms with van der Waals surface area (Å²) in [5.41, 5.74) is -1.87. The van der Waals surface area contributed by atoms with Gasteiger partial charge in [-0.25, -0.2) is 4.79 Å². The first-order valence-corrected chi connectivity index (χ1v) is 9.87. The number of hydrogen-bond acceptors (Lipinski definition) is 3. The first-order valence-electron chi connectivity index (χ1n) is 9.87. The van der Waals surface area contributed by atoms with Gasteiger partial charge < -0.3 is 14.7 Å². The lowest BCUT2D eigenvalue weighted by molar-refractivity contribution is -0.357. The first-order chi connectivity index (χ1) is 15.4. The van der Waals surface area contributed by atoms with Crippen LogP contribution in [0.3, 0.4) is 0 Å². The van der Waals surface area contributed by atoms with Crippen LogP contribution in [0.1, 0.15) is 23.7 Å². The van der Waals surface area contributed by atoms with Crippen LogP contribution in [-0.4, -0.2) is 48.1 Å². The van der Waals surface area contributed by atoms with E-state index in [9.17, 15) is 36.2 Å². The summed E-state index contributed by atoms with van der Waals surface area (Å²) >= 11 is 0. The molecule has 1 unspecified atom stereocenters. The molecule has 2 aromatic carbocycles. The molecule has 1 aliphatic carbocycles. The van der Waals surface area contributed by atoms with Crippen LogP contribution in [0.5, 0.6) is 0 Å². The second-order valence-corrected chi connectivity index (χ2v) is 7.71. The van der Waals surface area contributed by atoms with Crippen LogP contribution in [0.4, 0.5) is 31.1 Å². The Labute approximate surface area is 186 Å². The van der Waals surface area contributed by atoms with E-state index in [4.69, 9.17) is 4.74 Å². The molecule has 0 bridgehead atoms. The van der Waals surface area contributed by atoms with Crippen molar-refractivity contribution < 1.29 is 41.0 Å². The average molecular weight is 473 g/mol. The Kier molecular flexibility index (Phi) is 6.52. The number of fused-ring (bicyclic) bond motifs is 3. The van der Waals surface area contributed by atoms with Crippen molar-refractivity contribution in [3.8, 4) is 11.1 Å². The van der Waals surface area contributed by atoms with Crippen LogP contribution in [0.2, 0.25) is 0 Å². The maximum absolute atomic E-state index is 13.9. The van der Waals surface area contributed by atoms with Crippen LogP contribution in [0.25, 0.3) is 11.1 Å². The van der Waals surface area contributed by atoms with Gasteiger partial charge in [0.25, 0.3) is 0 Å². The Morgan fingerprint density at radius 2 is 1.48 bits per heavy atom. The topological polar surface area (TPSA) is 49.8 Å². The standard InChI is InChI=1S/C23H21F6NO3/c1-3-12-21(22(24,25)26,23(27,28)29)18(13-31)30(2)20(32)33-19-16-10-6-4-8-14(16)15-9-5-7-11-17(15)19/h3-11,18-19,31H,1,12-13H2,2H3. The summed E-state index contributed by atoms with van der Waals surface area (Å²) in [7, 11) is 0.741.